The van der Waals surface area contributed by atoms with Crippen molar-refractivity contribution in [2.75, 3.05) is 0 Å². The molecule has 0 aliphatic heterocycles. The molecule has 0 atom stereocenters. The second-order valence-electron chi connectivity index (χ2n) is 7.26. The molecule has 2 rings (SSSR count). The quantitative estimate of drug-likeness (QED) is 0.459. The fraction of sp³-hybridized carbons (Fsp3) is 0.143. The Kier molecular flexibility index (Phi) is 5.30. The predicted molar refractivity (Wildman–Crippen MR) is 133 cm³/mol. The molecule has 1 aromatic heterocycles. The molecule has 0 fully saturated rings. The summed E-state index contributed by atoms with van der Waals surface area (Å²) in [6.45, 7) is 4.45. The topological polar surface area (TPSA) is 0 Å². The van der Waals surface area contributed by atoms with Gasteiger partial charge in [0.1, 0.15) is 62.8 Å². The third-order valence-electron chi connectivity index (χ3n) is 5.45. The van der Waals surface area contributed by atoms with E-state index in [1.165, 1.54) is 63.6 Å². The maximum atomic E-state index is 2.29. The van der Waals surface area contributed by atoms with Crippen LogP contribution in [-0.4, -0.2) is 62.8 Å². The molecule has 0 aliphatic rings. The van der Waals surface area contributed by atoms with Gasteiger partial charge in [0.15, 0.2) is 0 Å². The molecule has 0 saturated carbocycles. The molecule has 1 heterocycles. The predicted octanol–water partition coefficient (Wildman–Crippen LogP) is -8.06. The molecule has 0 radical (unpaired) electrons. The summed E-state index contributed by atoms with van der Waals surface area (Å²) in [5.74, 6) is 0. The van der Waals surface area contributed by atoms with Crippen LogP contribution in [0.25, 0.3) is 21.0 Å². The smallest absolute Gasteiger partial charge is 0.137 e. The number of fused-ring (bicyclic) bond motifs is 1. The first kappa shape index (κ1) is 18.5. The minimum atomic E-state index is 1.40. The monoisotopic (exact) mass is 310 g/mol. The van der Waals surface area contributed by atoms with Crippen LogP contribution in [-0.2, 0) is 0 Å². The fourth-order valence-corrected chi connectivity index (χ4v) is 4.67. The summed E-state index contributed by atoms with van der Waals surface area (Å²) in [7, 11) is 18.1. The molecule has 0 aliphatic carbocycles. The Labute approximate surface area is 151 Å². The molecular formula is C14H22B8S. The molecule has 0 unspecified atom stereocenters. The largest absolute Gasteiger partial charge is 0.140 e. The van der Waals surface area contributed by atoms with Gasteiger partial charge in [-0.1, -0.05) is 35.7 Å². The molecule has 0 bridgehead atoms. The van der Waals surface area contributed by atoms with Gasteiger partial charge < -0.3 is 0 Å². The summed E-state index contributed by atoms with van der Waals surface area (Å²) < 4.78 is 2.92. The van der Waals surface area contributed by atoms with Gasteiger partial charge in [0.05, 0.1) is 0 Å². The van der Waals surface area contributed by atoms with Gasteiger partial charge in [-0.05, 0) is 10.6 Å². The van der Waals surface area contributed by atoms with Crippen molar-refractivity contribution >= 4 is 117 Å². The second-order valence-corrected chi connectivity index (χ2v) is 8.28. The van der Waals surface area contributed by atoms with E-state index in [9.17, 15) is 0 Å². The van der Waals surface area contributed by atoms with Crippen LogP contribution in [0.2, 0.25) is 0 Å². The van der Waals surface area contributed by atoms with E-state index in [-0.39, 0.29) is 0 Å². The van der Waals surface area contributed by atoms with Crippen molar-refractivity contribution in [2.45, 2.75) is 13.8 Å². The van der Waals surface area contributed by atoms with Crippen molar-refractivity contribution in [3.63, 3.8) is 0 Å². The normalized spacial score (nSPS) is 15.4. The van der Waals surface area contributed by atoms with Crippen LogP contribution in [0.1, 0.15) is 13.8 Å². The molecule has 0 N–H and O–H groups in total. The lowest BCUT2D eigenvalue weighted by atomic mass is 9.65. The van der Waals surface area contributed by atoms with Crippen molar-refractivity contribution < 1.29 is 0 Å². The minimum Gasteiger partial charge on any atom is -0.137 e. The Balaban J connectivity index is 3.32. The molecule has 9 heteroatoms. The lowest BCUT2D eigenvalue weighted by Gasteiger charge is -2.13. The first-order chi connectivity index (χ1) is 10.6. The second kappa shape index (κ2) is 6.59. The van der Waals surface area contributed by atoms with E-state index < -0.39 is 0 Å². The van der Waals surface area contributed by atoms with Gasteiger partial charge in [-0.15, -0.1) is 33.2 Å². The summed E-state index contributed by atoms with van der Waals surface area (Å²) in [6.07, 6.45) is 0. The highest BCUT2D eigenvalue weighted by molar-refractivity contribution is 7.19. The molecule has 0 amide bonds. The Hall–Kier alpha value is -0.821. The average Bonchev–Trinajstić information content (AvgIpc) is 2.89. The van der Waals surface area contributed by atoms with Crippen LogP contribution in [0, 0.1) is 0 Å². The van der Waals surface area contributed by atoms with E-state index in [4.69, 9.17) is 0 Å². The molecule has 1 aromatic carbocycles. The van der Waals surface area contributed by atoms with Crippen molar-refractivity contribution in [1.82, 2.24) is 0 Å². The number of rotatable bonds is 1. The van der Waals surface area contributed by atoms with Gasteiger partial charge in [0.25, 0.3) is 0 Å². The van der Waals surface area contributed by atoms with E-state index in [2.05, 4.69) is 76.6 Å². The zero-order valence-electron chi connectivity index (χ0n) is 16.4. The van der Waals surface area contributed by atoms with Crippen LogP contribution in [0.5, 0.6) is 0 Å². The first-order valence-corrected chi connectivity index (χ1v) is 9.22. The van der Waals surface area contributed by atoms with Crippen molar-refractivity contribution in [3.8, 4) is 0 Å². The molecule has 0 spiro atoms. The van der Waals surface area contributed by atoms with E-state index in [1.54, 1.807) is 0 Å². The van der Waals surface area contributed by atoms with Crippen molar-refractivity contribution in [3.05, 3.63) is 20.7 Å². The van der Waals surface area contributed by atoms with Gasteiger partial charge in [0.2, 0.25) is 0 Å². The summed E-state index contributed by atoms with van der Waals surface area (Å²) in [6, 6.07) is 0. The highest BCUT2D eigenvalue weighted by Gasteiger charge is 2.14. The summed E-state index contributed by atoms with van der Waals surface area (Å²) in [5.41, 5.74) is 11.4. The van der Waals surface area contributed by atoms with Crippen LogP contribution in [0.15, 0.2) is 10.9 Å². The van der Waals surface area contributed by atoms with E-state index in [0.29, 0.717) is 0 Å². The Morgan fingerprint density at radius 2 is 1.30 bits per heavy atom. The van der Waals surface area contributed by atoms with Crippen molar-refractivity contribution in [2.24, 2.45) is 0 Å². The van der Waals surface area contributed by atoms with Gasteiger partial charge in [0, 0.05) is 9.23 Å². The van der Waals surface area contributed by atoms with E-state index >= 15 is 0 Å². The van der Waals surface area contributed by atoms with Crippen LogP contribution in [0.4, 0.5) is 0 Å². The summed E-state index contributed by atoms with van der Waals surface area (Å²) in [4.78, 5) is 0. The number of hydrogen-bond donors (Lipinski definition) is 0. The molecule has 0 nitrogen and oxygen atoms in total. The third-order valence-corrected chi connectivity index (χ3v) is 6.98. The number of allylic oxidation sites excluding steroid dienone is 2. The highest BCUT2D eigenvalue weighted by Crippen LogP contribution is 2.11. The zero-order chi connectivity index (χ0) is 17.6. The van der Waals surface area contributed by atoms with Gasteiger partial charge in [-0.25, -0.2) is 0 Å². The van der Waals surface area contributed by atoms with Gasteiger partial charge in [-0.3, -0.25) is 0 Å². The maximum Gasteiger partial charge on any atom is 0.140 e. The standard InChI is InChI=1S/C14H22B8S/c1-3(15)7(17)8(18)5-6-9(19)10(20)11(21)12(22)14(6)23-13(5)4(2)16/h15-22H2,1-2H3/b7-3-,8-5+,13-4-. The highest BCUT2D eigenvalue weighted by atomic mass is 32.1. The fourth-order valence-electron chi connectivity index (χ4n) is 3.25. The number of benzene rings is 1. The average molecular weight is 309 g/mol. The molecule has 2 aromatic rings. The Morgan fingerprint density at radius 3 is 1.78 bits per heavy atom. The lowest BCUT2D eigenvalue weighted by Crippen LogP contribution is -2.48. The summed E-state index contributed by atoms with van der Waals surface area (Å²) in [5, 5.41) is 2.94. The van der Waals surface area contributed by atoms with Crippen LogP contribution in [0.3, 0.4) is 0 Å². The molecule has 23 heavy (non-hydrogen) atoms. The Morgan fingerprint density at radius 1 is 0.783 bits per heavy atom. The SMILES string of the molecule is B/C(C)=C(B)/C(B)=c1\c(=C(\B)C)sc2c(B)c(B)c(B)c(B)c12. The Bertz CT molecular complexity index is 959. The van der Waals surface area contributed by atoms with Gasteiger partial charge in [-0.2, -0.15) is 0 Å². The molecule has 108 valence electrons. The van der Waals surface area contributed by atoms with Crippen LogP contribution >= 0.6 is 11.3 Å². The molecule has 0 saturated heterocycles. The number of thiophene rings is 1. The third kappa shape index (κ3) is 2.97. The van der Waals surface area contributed by atoms with Gasteiger partial charge >= 0.3 is 0 Å². The maximum absolute atomic E-state index is 2.29. The zero-order valence-corrected chi connectivity index (χ0v) is 17.2. The lowest BCUT2D eigenvalue weighted by molar-refractivity contribution is 1.63. The summed E-state index contributed by atoms with van der Waals surface area (Å²) >= 11 is 1.97. The first-order valence-electron chi connectivity index (χ1n) is 8.41. The minimum absolute atomic E-state index is 1.40. The van der Waals surface area contributed by atoms with E-state index in [0.717, 1.165) is 0 Å². The van der Waals surface area contributed by atoms with E-state index in [1.807, 2.05) is 11.3 Å². The molecular weight excluding hydrogens is 287 g/mol. The number of hydrogen-bond acceptors (Lipinski definition) is 1. The van der Waals surface area contributed by atoms with Crippen molar-refractivity contribution in [1.29, 1.82) is 0 Å². The van der Waals surface area contributed by atoms with Crippen LogP contribution < -0.4 is 31.6 Å².